The van der Waals surface area contributed by atoms with Crippen LogP contribution in [0.1, 0.15) is 109 Å². The normalized spacial score (nSPS) is 12.9. The van der Waals surface area contributed by atoms with Crippen molar-refractivity contribution in [1.82, 2.24) is 0 Å². The highest BCUT2D eigenvalue weighted by atomic mass is 16.5. The first-order valence-corrected chi connectivity index (χ1v) is 13.7. The van der Waals surface area contributed by atoms with Gasteiger partial charge in [0.05, 0.1) is 0 Å². The molecule has 1 aromatic rings. The maximum atomic E-state index is 12.5. The summed E-state index contributed by atoms with van der Waals surface area (Å²) in [7, 11) is 0. The molecule has 0 saturated heterocycles. The molecular weight excluding hydrogens is 440 g/mol. The molecule has 36 heavy (non-hydrogen) atoms. The highest BCUT2D eigenvalue weighted by molar-refractivity contribution is 5.73. The molecule has 0 N–H and O–H groups in total. The number of ether oxygens (including phenoxy) is 1. The zero-order chi connectivity index (χ0) is 26.4. The number of carbonyl (C=O) groups excluding carboxylic acids is 1. The van der Waals surface area contributed by atoms with Gasteiger partial charge in [0.2, 0.25) is 0 Å². The lowest BCUT2D eigenvalue weighted by Crippen LogP contribution is -2.11. The first-order chi connectivity index (χ1) is 17.5. The lowest BCUT2D eigenvalue weighted by molar-refractivity contribution is -0.134. The molecule has 0 spiro atoms. The van der Waals surface area contributed by atoms with Crippen LogP contribution in [-0.4, -0.2) is 5.97 Å². The van der Waals surface area contributed by atoms with Crippen LogP contribution in [0.4, 0.5) is 0 Å². The number of unbranched alkanes of at least 4 members (excludes halogenated alkanes) is 1. The third-order valence-electron chi connectivity index (χ3n) is 5.64. The fourth-order valence-corrected chi connectivity index (χ4v) is 3.57. The summed E-state index contributed by atoms with van der Waals surface area (Å²) in [6.45, 7) is 10.7. The summed E-state index contributed by atoms with van der Waals surface area (Å²) in [6, 6.07) is 6.17. The minimum Gasteiger partial charge on any atom is -0.426 e. The molecule has 0 bridgehead atoms. The van der Waals surface area contributed by atoms with E-state index in [1.165, 1.54) is 6.42 Å². The topological polar surface area (TPSA) is 26.3 Å². The second-order valence-corrected chi connectivity index (χ2v) is 9.56. The summed E-state index contributed by atoms with van der Waals surface area (Å²) in [4.78, 5) is 12.5. The van der Waals surface area contributed by atoms with Gasteiger partial charge in [-0.15, -0.1) is 0 Å². The van der Waals surface area contributed by atoms with E-state index in [4.69, 9.17) is 4.74 Å². The van der Waals surface area contributed by atoms with E-state index in [-0.39, 0.29) is 5.97 Å². The molecule has 0 aromatic heterocycles. The molecule has 1 rings (SSSR count). The molecule has 1 aromatic carbocycles. The van der Waals surface area contributed by atoms with Crippen LogP contribution in [0.2, 0.25) is 0 Å². The second kappa shape index (κ2) is 20.3. The van der Waals surface area contributed by atoms with Gasteiger partial charge in [0, 0.05) is 6.42 Å². The van der Waals surface area contributed by atoms with Crippen molar-refractivity contribution in [3.05, 3.63) is 102 Å². The summed E-state index contributed by atoms with van der Waals surface area (Å²) in [5, 5.41) is 0. The lowest BCUT2D eigenvalue weighted by atomic mass is 9.94. The smallest absolute Gasteiger partial charge is 0.311 e. The number of benzene rings is 1. The second-order valence-electron chi connectivity index (χ2n) is 9.56. The van der Waals surface area contributed by atoms with Crippen LogP contribution in [0, 0.1) is 0 Å². The molecule has 0 atom stereocenters. The molecule has 0 aliphatic carbocycles. The van der Waals surface area contributed by atoms with Crippen LogP contribution in [0.15, 0.2) is 91.1 Å². The van der Waals surface area contributed by atoms with Crippen molar-refractivity contribution in [2.24, 2.45) is 0 Å². The molecule has 2 nitrogen and oxygen atoms in total. The number of hydrogen-bond acceptors (Lipinski definition) is 2. The average molecular weight is 489 g/mol. The van der Waals surface area contributed by atoms with Crippen LogP contribution in [0.25, 0.3) is 0 Å². The predicted octanol–water partition coefficient (Wildman–Crippen LogP) is 10.3. The summed E-state index contributed by atoms with van der Waals surface area (Å²) >= 11 is 0. The van der Waals surface area contributed by atoms with Crippen molar-refractivity contribution in [3.63, 3.8) is 0 Å². The van der Waals surface area contributed by atoms with Crippen molar-refractivity contribution in [3.8, 4) is 5.75 Å². The van der Waals surface area contributed by atoms with E-state index in [1.54, 1.807) is 0 Å². The van der Waals surface area contributed by atoms with Crippen LogP contribution in [0.3, 0.4) is 0 Å². The number of carbonyl (C=O) groups is 1. The Morgan fingerprint density at radius 1 is 0.694 bits per heavy atom. The lowest BCUT2D eigenvalue weighted by Gasteiger charge is -2.18. The molecule has 196 valence electrons. The summed E-state index contributed by atoms with van der Waals surface area (Å²) in [5.74, 6) is 1.23. The van der Waals surface area contributed by atoms with Gasteiger partial charge in [-0.05, 0) is 61.5 Å². The zero-order valence-electron chi connectivity index (χ0n) is 23.3. The first-order valence-electron chi connectivity index (χ1n) is 13.7. The Morgan fingerprint density at radius 3 is 1.67 bits per heavy atom. The van der Waals surface area contributed by atoms with Gasteiger partial charge in [-0.3, -0.25) is 4.79 Å². The highest BCUT2D eigenvalue weighted by Crippen LogP contribution is 2.34. The van der Waals surface area contributed by atoms with Crippen molar-refractivity contribution < 1.29 is 9.53 Å². The monoisotopic (exact) mass is 488 g/mol. The van der Waals surface area contributed by atoms with E-state index < -0.39 is 0 Å². The van der Waals surface area contributed by atoms with Crippen molar-refractivity contribution in [2.45, 2.75) is 97.8 Å². The summed E-state index contributed by atoms with van der Waals surface area (Å²) in [5.41, 5.74) is 2.20. The van der Waals surface area contributed by atoms with E-state index in [0.717, 1.165) is 49.0 Å². The standard InChI is InChI=1S/C34H48O2/c1-6-7-8-9-10-11-12-13-14-15-16-17-18-19-20-21-22-23-24-28-33(35)36-34-31(29(2)3)26-25-27-32(34)30(4)5/h8-11,13-14,16-17,19-20,22-23,25-27,29-30H,6-7,12,15,18,21,24,28H2,1-5H3/b9-8+,11-10+,14-13+,17-16+,20-19+,23-22-. The SMILES string of the molecule is CCC/C=C/C=C/C/C=C/C/C=C/C/C=C/C/C=C\CCC(=O)Oc1c(C(C)C)cccc1C(C)C. The van der Waals surface area contributed by atoms with Crippen LogP contribution in [-0.2, 0) is 4.79 Å². The van der Waals surface area contributed by atoms with E-state index in [9.17, 15) is 4.79 Å². The minimum atomic E-state index is -0.163. The largest absolute Gasteiger partial charge is 0.426 e. The molecule has 0 aliphatic heterocycles. The number of rotatable bonds is 17. The fraction of sp³-hybridized carbons (Fsp3) is 0.441. The average Bonchev–Trinajstić information content (AvgIpc) is 2.85. The Bertz CT molecular complexity index is 881. The highest BCUT2D eigenvalue weighted by Gasteiger charge is 2.17. The molecular formula is C34H48O2. The number of hydrogen-bond donors (Lipinski definition) is 0. The van der Waals surface area contributed by atoms with E-state index in [2.05, 4.69) is 126 Å². The Balaban J connectivity index is 2.24. The maximum absolute atomic E-state index is 12.5. The molecule has 0 heterocycles. The van der Waals surface area contributed by atoms with Crippen LogP contribution in [0.5, 0.6) is 5.75 Å². The Morgan fingerprint density at radius 2 is 1.17 bits per heavy atom. The molecule has 0 saturated carbocycles. The Hall–Kier alpha value is -2.87. The molecule has 0 unspecified atom stereocenters. The van der Waals surface area contributed by atoms with Gasteiger partial charge in [0.1, 0.15) is 5.75 Å². The van der Waals surface area contributed by atoms with Crippen LogP contribution < -0.4 is 4.74 Å². The number of para-hydroxylation sites is 1. The Kier molecular flexibility index (Phi) is 17.6. The van der Waals surface area contributed by atoms with E-state index >= 15 is 0 Å². The third kappa shape index (κ3) is 14.5. The first kappa shape index (κ1) is 31.2. The summed E-state index contributed by atoms with van der Waals surface area (Å²) in [6.07, 6.45) is 33.2. The van der Waals surface area contributed by atoms with Gasteiger partial charge in [0.25, 0.3) is 0 Å². The minimum absolute atomic E-state index is 0.163. The van der Waals surface area contributed by atoms with Crippen LogP contribution >= 0.6 is 0 Å². The number of allylic oxidation sites excluding steroid dienone is 12. The van der Waals surface area contributed by atoms with Gasteiger partial charge in [-0.1, -0.05) is 132 Å². The Labute approximate surface area is 221 Å². The van der Waals surface area contributed by atoms with Gasteiger partial charge >= 0.3 is 5.97 Å². The molecule has 0 fully saturated rings. The predicted molar refractivity (Wildman–Crippen MR) is 158 cm³/mol. The third-order valence-corrected chi connectivity index (χ3v) is 5.64. The van der Waals surface area contributed by atoms with E-state index in [1.807, 2.05) is 0 Å². The zero-order valence-corrected chi connectivity index (χ0v) is 23.3. The van der Waals surface area contributed by atoms with Gasteiger partial charge < -0.3 is 4.74 Å². The van der Waals surface area contributed by atoms with Crippen molar-refractivity contribution in [2.75, 3.05) is 0 Å². The van der Waals surface area contributed by atoms with Crippen molar-refractivity contribution in [1.29, 1.82) is 0 Å². The fourth-order valence-electron chi connectivity index (χ4n) is 3.57. The van der Waals surface area contributed by atoms with Crippen molar-refractivity contribution >= 4 is 5.97 Å². The quantitative estimate of drug-likeness (QED) is 0.0943. The molecule has 0 radical (unpaired) electrons. The van der Waals surface area contributed by atoms with Gasteiger partial charge in [0.15, 0.2) is 0 Å². The maximum Gasteiger partial charge on any atom is 0.311 e. The number of esters is 1. The summed E-state index contributed by atoms with van der Waals surface area (Å²) < 4.78 is 5.83. The van der Waals surface area contributed by atoms with Gasteiger partial charge in [-0.2, -0.15) is 0 Å². The molecule has 0 amide bonds. The van der Waals surface area contributed by atoms with Gasteiger partial charge in [-0.25, -0.2) is 0 Å². The molecule has 0 aliphatic rings. The van der Waals surface area contributed by atoms with E-state index in [0.29, 0.717) is 24.7 Å². The molecule has 2 heteroatoms.